The molecule has 31 heavy (non-hydrogen) atoms. The number of methoxy groups -OCH3 is 1. The summed E-state index contributed by atoms with van der Waals surface area (Å²) in [6.07, 6.45) is 9.77. The van der Waals surface area contributed by atoms with Gasteiger partial charge in [0.05, 0.1) is 13.7 Å². The smallest absolute Gasteiger partial charge is 0.161 e. The van der Waals surface area contributed by atoms with E-state index in [0.717, 1.165) is 42.2 Å². The maximum atomic E-state index is 6.03. The summed E-state index contributed by atoms with van der Waals surface area (Å²) in [5, 5.41) is 3.90. The summed E-state index contributed by atoms with van der Waals surface area (Å²) in [7, 11) is 1.73. The standard InChI is InChI=1S/C28H37NO2/c1-20(28-16-23-12-24(17-28)14-25(13-23)18-28)29-19-22-8-9-26(27(15-22)30-2)31-11-10-21-6-4-3-5-7-21/h3-9,15,20,23-25,29H,10-14,16-19H2,1-2H3. The molecule has 4 aliphatic carbocycles. The Morgan fingerprint density at radius 2 is 1.58 bits per heavy atom. The molecule has 2 aromatic carbocycles. The topological polar surface area (TPSA) is 30.5 Å². The second kappa shape index (κ2) is 8.86. The lowest BCUT2D eigenvalue weighted by molar-refractivity contribution is -0.0706. The van der Waals surface area contributed by atoms with E-state index in [4.69, 9.17) is 9.47 Å². The van der Waals surface area contributed by atoms with Crippen LogP contribution in [0.3, 0.4) is 0 Å². The molecule has 3 nitrogen and oxygen atoms in total. The fourth-order valence-corrected chi connectivity index (χ4v) is 7.06. The highest BCUT2D eigenvalue weighted by molar-refractivity contribution is 5.43. The summed E-state index contributed by atoms with van der Waals surface area (Å²) in [6.45, 7) is 3.98. The summed E-state index contributed by atoms with van der Waals surface area (Å²) in [5.41, 5.74) is 3.10. The Labute approximate surface area is 187 Å². The Morgan fingerprint density at radius 1 is 0.903 bits per heavy atom. The third kappa shape index (κ3) is 4.48. The average Bonchev–Trinajstić information content (AvgIpc) is 2.78. The van der Waals surface area contributed by atoms with Gasteiger partial charge in [-0.3, -0.25) is 0 Å². The van der Waals surface area contributed by atoms with E-state index in [-0.39, 0.29) is 0 Å². The molecule has 4 bridgehead atoms. The van der Waals surface area contributed by atoms with Gasteiger partial charge in [0.15, 0.2) is 11.5 Å². The predicted molar refractivity (Wildman–Crippen MR) is 126 cm³/mol. The molecule has 6 rings (SSSR count). The van der Waals surface area contributed by atoms with Crippen LogP contribution in [0, 0.1) is 23.2 Å². The molecule has 2 aromatic rings. The van der Waals surface area contributed by atoms with Crippen molar-refractivity contribution in [1.29, 1.82) is 0 Å². The summed E-state index contributed by atoms with van der Waals surface area (Å²) in [4.78, 5) is 0. The van der Waals surface area contributed by atoms with Gasteiger partial charge >= 0.3 is 0 Å². The van der Waals surface area contributed by atoms with Crippen molar-refractivity contribution >= 4 is 0 Å². The lowest BCUT2D eigenvalue weighted by Gasteiger charge is -2.59. The van der Waals surface area contributed by atoms with Crippen molar-refractivity contribution in [3.8, 4) is 11.5 Å². The lowest BCUT2D eigenvalue weighted by Crippen LogP contribution is -2.54. The van der Waals surface area contributed by atoms with Gasteiger partial charge in [0, 0.05) is 19.0 Å². The van der Waals surface area contributed by atoms with Gasteiger partial charge in [-0.2, -0.15) is 0 Å². The van der Waals surface area contributed by atoms with E-state index < -0.39 is 0 Å². The molecule has 0 amide bonds. The van der Waals surface area contributed by atoms with Crippen molar-refractivity contribution < 1.29 is 9.47 Å². The summed E-state index contributed by atoms with van der Waals surface area (Å²) in [6, 6.07) is 17.4. The maximum absolute atomic E-state index is 6.03. The molecule has 4 fully saturated rings. The molecule has 0 spiro atoms. The van der Waals surface area contributed by atoms with Crippen LogP contribution in [0.2, 0.25) is 0 Å². The van der Waals surface area contributed by atoms with Crippen LogP contribution in [0.1, 0.15) is 56.6 Å². The molecule has 4 saturated carbocycles. The second-order valence-electron chi connectivity index (χ2n) is 10.5. The van der Waals surface area contributed by atoms with E-state index >= 15 is 0 Å². The first kappa shape index (κ1) is 20.9. The van der Waals surface area contributed by atoms with Crippen LogP contribution in [0.15, 0.2) is 48.5 Å². The Bertz CT molecular complexity index is 843. The normalized spacial score (nSPS) is 29.7. The Morgan fingerprint density at radius 3 is 2.23 bits per heavy atom. The molecule has 1 N–H and O–H groups in total. The van der Waals surface area contributed by atoms with E-state index in [1.54, 1.807) is 7.11 Å². The van der Waals surface area contributed by atoms with Crippen molar-refractivity contribution in [1.82, 2.24) is 5.32 Å². The van der Waals surface area contributed by atoms with Gasteiger partial charge in [0.25, 0.3) is 0 Å². The highest BCUT2D eigenvalue weighted by Gasteiger charge is 2.52. The summed E-state index contributed by atoms with van der Waals surface area (Å²) >= 11 is 0. The molecule has 1 unspecified atom stereocenters. The molecule has 3 heteroatoms. The van der Waals surface area contributed by atoms with Crippen LogP contribution in [-0.2, 0) is 13.0 Å². The molecule has 0 aliphatic heterocycles. The van der Waals surface area contributed by atoms with E-state index in [0.29, 0.717) is 18.1 Å². The molecule has 4 aliphatic rings. The van der Waals surface area contributed by atoms with Crippen LogP contribution in [0.5, 0.6) is 11.5 Å². The zero-order valence-corrected chi connectivity index (χ0v) is 19.1. The highest BCUT2D eigenvalue weighted by Crippen LogP contribution is 2.61. The first-order chi connectivity index (χ1) is 15.1. The molecule has 0 aromatic heterocycles. The van der Waals surface area contributed by atoms with Gasteiger partial charge in [-0.05, 0) is 91.9 Å². The monoisotopic (exact) mass is 419 g/mol. The van der Waals surface area contributed by atoms with Crippen molar-refractivity contribution in [3.63, 3.8) is 0 Å². The lowest BCUT2D eigenvalue weighted by atomic mass is 9.48. The summed E-state index contributed by atoms with van der Waals surface area (Å²) < 4.78 is 11.7. The van der Waals surface area contributed by atoms with Gasteiger partial charge in [0.1, 0.15) is 0 Å². The molecule has 1 atom stereocenters. The molecule has 0 radical (unpaired) electrons. The van der Waals surface area contributed by atoms with E-state index in [1.807, 2.05) is 6.07 Å². The zero-order valence-electron chi connectivity index (χ0n) is 19.1. The van der Waals surface area contributed by atoms with Gasteiger partial charge in [-0.15, -0.1) is 0 Å². The van der Waals surface area contributed by atoms with Crippen LogP contribution < -0.4 is 14.8 Å². The number of nitrogens with one attached hydrogen (secondary N) is 1. The third-order valence-corrected chi connectivity index (χ3v) is 8.34. The van der Waals surface area contributed by atoms with Crippen molar-refractivity contribution in [2.24, 2.45) is 23.2 Å². The minimum Gasteiger partial charge on any atom is -0.493 e. The van der Waals surface area contributed by atoms with E-state index in [2.05, 4.69) is 54.7 Å². The first-order valence-electron chi connectivity index (χ1n) is 12.2. The van der Waals surface area contributed by atoms with Gasteiger partial charge < -0.3 is 14.8 Å². The quantitative estimate of drug-likeness (QED) is 0.540. The van der Waals surface area contributed by atoms with Crippen LogP contribution in [-0.4, -0.2) is 19.8 Å². The minimum atomic E-state index is 0.541. The van der Waals surface area contributed by atoms with E-state index in [1.165, 1.54) is 49.7 Å². The van der Waals surface area contributed by atoms with Gasteiger partial charge in [-0.1, -0.05) is 36.4 Å². The van der Waals surface area contributed by atoms with Gasteiger partial charge in [-0.25, -0.2) is 0 Å². The Hall–Kier alpha value is -2.00. The fraction of sp³-hybridized carbons (Fsp3) is 0.571. The van der Waals surface area contributed by atoms with Crippen LogP contribution in [0.4, 0.5) is 0 Å². The van der Waals surface area contributed by atoms with Gasteiger partial charge in [0.2, 0.25) is 0 Å². The maximum Gasteiger partial charge on any atom is 0.161 e. The largest absolute Gasteiger partial charge is 0.493 e. The van der Waals surface area contributed by atoms with E-state index in [9.17, 15) is 0 Å². The number of rotatable bonds is 9. The van der Waals surface area contributed by atoms with Crippen LogP contribution in [0.25, 0.3) is 0 Å². The summed E-state index contributed by atoms with van der Waals surface area (Å²) in [5.74, 6) is 4.67. The Balaban J connectivity index is 1.17. The molecule has 0 saturated heterocycles. The predicted octanol–water partition coefficient (Wildman–Crippen LogP) is 6.01. The van der Waals surface area contributed by atoms with Crippen molar-refractivity contribution in [3.05, 3.63) is 59.7 Å². The van der Waals surface area contributed by atoms with Crippen molar-refractivity contribution in [2.75, 3.05) is 13.7 Å². The number of ether oxygens (including phenoxy) is 2. The molecule has 0 heterocycles. The minimum absolute atomic E-state index is 0.541. The molecular formula is C28H37NO2. The fourth-order valence-electron chi connectivity index (χ4n) is 7.06. The number of hydrogen-bond donors (Lipinski definition) is 1. The first-order valence-corrected chi connectivity index (χ1v) is 12.2. The third-order valence-electron chi connectivity index (χ3n) is 8.34. The molecular weight excluding hydrogens is 382 g/mol. The molecule has 166 valence electrons. The SMILES string of the molecule is COc1cc(CNC(C)C23CC4CC(CC(C4)C2)C3)ccc1OCCc1ccccc1. The zero-order chi connectivity index (χ0) is 21.3. The number of hydrogen-bond acceptors (Lipinski definition) is 3. The van der Waals surface area contributed by atoms with Crippen molar-refractivity contribution in [2.45, 2.75) is 64.5 Å². The second-order valence-corrected chi connectivity index (χ2v) is 10.5. The Kier molecular flexibility index (Phi) is 5.97. The van der Waals surface area contributed by atoms with Crippen LogP contribution >= 0.6 is 0 Å². The highest BCUT2D eigenvalue weighted by atomic mass is 16.5. The average molecular weight is 420 g/mol. The number of benzene rings is 2.